The van der Waals surface area contributed by atoms with Gasteiger partial charge in [-0.1, -0.05) is 18.2 Å². The van der Waals surface area contributed by atoms with Crippen LogP contribution >= 0.6 is 0 Å². The molecule has 9 heteroatoms. The lowest BCUT2D eigenvalue weighted by Crippen LogP contribution is -2.44. The minimum absolute atomic E-state index is 0.0610. The van der Waals surface area contributed by atoms with Crippen molar-refractivity contribution in [2.45, 2.75) is 20.1 Å². The number of amides is 2. The Bertz CT molecular complexity index is 927. The topological polar surface area (TPSA) is 105 Å². The zero-order valence-electron chi connectivity index (χ0n) is 15.3. The number of hydrogen-bond acceptors (Lipinski definition) is 6. The Morgan fingerprint density at radius 1 is 1.14 bits per heavy atom. The molecule has 9 nitrogen and oxygen atoms in total. The number of hydrogen-bond donors (Lipinski definition) is 0. The second-order valence-electron chi connectivity index (χ2n) is 6.11. The number of nitrogens with zero attached hydrogens (tertiary/aromatic N) is 4. The number of carbonyl (C=O) groups excluding carboxylic acids is 2. The molecule has 3 rings (SSSR count). The normalized spacial score (nSPS) is 15.6. The average molecular weight is 382 g/mol. The van der Waals surface area contributed by atoms with Crippen molar-refractivity contribution < 1.29 is 19.2 Å². The molecule has 2 aromatic rings. The SMILES string of the molecule is CC(=O)N(CC1OC(c2ccc([N+](=O)[O-])cc2)=NN1C(C)=O)c1ccccc1. The van der Waals surface area contributed by atoms with Crippen LogP contribution in [0, 0.1) is 10.1 Å². The van der Waals surface area contributed by atoms with E-state index in [-0.39, 0.29) is 29.9 Å². The third-order valence-electron chi connectivity index (χ3n) is 4.15. The van der Waals surface area contributed by atoms with Gasteiger partial charge in [-0.15, -0.1) is 5.10 Å². The lowest BCUT2D eigenvalue weighted by Gasteiger charge is -2.27. The summed E-state index contributed by atoms with van der Waals surface area (Å²) < 4.78 is 5.82. The molecule has 2 aromatic carbocycles. The van der Waals surface area contributed by atoms with Crippen molar-refractivity contribution >= 4 is 29.1 Å². The largest absolute Gasteiger partial charge is 0.448 e. The first-order valence-corrected chi connectivity index (χ1v) is 8.50. The molecule has 144 valence electrons. The summed E-state index contributed by atoms with van der Waals surface area (Å²) in [5, 5.41) is 16.2. The van der Waals surface area contributed by atoms with E-state index in [1.54, 1.807) is 12.1 Å². The van der Waals surface area contributed by atoms with Crippen molar-refractivity contribution in [3.8, 4) is 0 Å². The molecule has 0 aliphatic carbocycles. The molecule has 1 atom stereocenters. The van der Waals surface area contributed by atoms with E-state index in [0.29, 0.717) is 11.3 Å². The third kappa shape index (κ3) is 3.98. The molecule has 0 saturated carbocycles. The molecule has 1 unspecified atom stereocenters. The number of benzene rings is 2. The third-order valence-corrected chi connectivity index (χ3v) is 4.15. The monoisotopic (exact) mass is 382 g/mol. The van der Waals surface area contributed by atoms with Gasteiger partial charge in [0.15, 0.2) is 0 Å². The van der Waals surface area contributed by atoms with Crippen LogP contribution in [0.1, 0.15) is 19.4 Å². The number of hydrazone groups is 1. The van der Waals surface area contributed by atoms with Gasteiger partial charge in [0.05, 0.1) is 11.5 Å². The maximum atomic E-state index is 12.1. The fraction of sp³-hybridized carbons (Fsp3) is 0.211. The minimum atomic E-state index is -0.813. The second kappa shape index (κ2) is 7.87. The Labute approximate surface area is 161 Å². The van der Waals surface area contributed by atoms with Crippen LogP contribution in [0.4, 0.5) is 11.4 Å². The second-order valence-corrected chi connectivity index (χ2v) is 6.11. The van der Waals surface area contributed by atoms with Crippen molar-refractivity contribution in [2.24, 2.45) is 5.10 Å². The summed E-state index contributed by atoms with van der Waals surface area (Å²) in [6.45, 7) is 2.86. The lowest BCUT2D eigenvalue weighted by atomic mass is 10.2. The highest BCUT2D eigenvalue weighted by molar-refractivity contribution is 5.97. The van der Waals surface area contributed by atoms with Gasteiger partial charge in [-0.3, -0.25) is 19.7 Å². The fourth-order valence-corrected chi connectivity index (χ4v) is 2.78. The molecule has 0 bridgehead atoms. The molecule has 0 spiro atoms. The summed E-state index contributed by atoms with van der Waals surface area (Å²) in [7, 11) is 0. The van der Waals surface area contributed by atoms with Crippen LogP contribution in [0.15, 0.2) is 59.7 Å². The number of nitro benzene ring substituents is 1. The highest BCUT2D eigenvalue weighted by atomic mass is 16.6. The van der Waals surface area contributed by atoms with Gasteiger partial charge in [0, 0.05) is 37.2 Å². The standard InChI is InChI=1S/C19H18N4O5/c1-13(24)21(16-6-4-3-5-7-16)12-18-22(14(2)25)20-19(28-18)15-8-10-17(11-9-15)23(26)27/h3-11,18H,12H2,1-2H3. The Hall–Kier alpha value is -3.75. The molecular formula is C19H18N4O5. The summed E-state index contributed by atoms with van der Waals surface area (Å²) >= 11 is 0. The molecule has 28 heavy (non-hydrogen) atoms. The van der Waals surface area contributed by atoms with Crippen molar-refractivity contribution in [3.63, 3.8) is 0 Å². The molecule has 0 radical (unpaired) electrons. The highest BCUT2D eigenvalue weighted by Crippen LogP contribution is 2.23. The number of nitro groups is 1. The van der Waals surface area contributed by atoms with E-state index in [1.165, 1.54) is 43.0 Å². The summed E-state index contributed by atoms with van der Waals surface area (Å²) in [6, 6.07) is 14.7. The first-order valence-electron chi connectivity index (χ1n) is 8.50. The van der Waals surface area contributed by atoms with Crippen LogP contribution in [0.5, 0.6) is 0 Å². The van der Waals surface area contributed by atoms with Crippen LogP contribution in [-0.2, 0) is 14.3 Å². The number of non-ortho nitro benzene ring substituents is 1. The first kappa shape index (κ1) is 19.0. The molecule has 0 N–H and O–H groups in total. The van der Waals surface area contributed by atoms with Gasteiger partial charge in [0.25, 0.3) is 5.69 Å². The van der Waals surface area contributed by atoms with Crippen LogP contribution < -0.4 is 4.90 Å². The van der Waals surface area contributed by atoms with Crippen LogP contribution in [0.2, 0.25) is 0 Å². The van der Waals surface area contributed by atoms with E-state index < -0.39 is 11.2 Å². The predicted octanol–water partition coefficient (Wildman–Crippen LogP) is 2.51. The molecule has 0 aromatic heterocycles. The summed E-state index contributed by atoms with van der Waals surface area (Å²) in [6.07, 6.45) is -0.813. The summed E-state index contributed by atoms with van der Waals surface area (Å²) in [5.74, 6) is -0.396. The molecule has 1 aliphatic rings. The molecule has 1 aliphatic heterocycles. The summed E-state index contributed by atoms with van der Waals surface area (Å²) in [5.41, 5.74) is 1.11. The molecule has 0 fully saturated rings. The van der Waals surface area contributed by atoms with E-state index in [9.17, 15) is 19.7 Å². The van der Waals surface area contributed by atoms with Gasteiger partial charge in [0.1, 0.15) is 0 Å². The zero-order chi connectivity index (χ0) is 20.3. The molecule has 0 saturated heterocycles. The number of para-hydroxylation sites is 1. The summed E-state index contributed by atoms with van der Waals surface area (Å²) in [4.78, 5) is 35.9. The maximum absolute atomic E-state index is 12.1. The van der Waals surface area contributed by atoms with E-state index in [1.807, 2.05) is 18.2 Å². The van der Waals surface area contributed by atoms with Gasteiger partial charge in [-0.05, 0) is 24.3 Å². The van der Waals surface area contributed by atoms with Crippen molar-refractivity contribution in [1.29, 1.82) is 0 Å². The lowest BCUT2D eigenvalue weighted by molar-refractivity contribution is -0.384. The van der Waals surface area contributed by atoms with E-state index in [0.717, 1.165) is 5.01 Å². The van der Waals surface area contributed by atoms with Crippen molar-refractivity contribution in [3.05, 3.63) is 70.3 Å². The van der Waals surface area contributed by atoms with E-state index in [2.05, 4.69) is 5.10 Å². The quantitative estimate of drug-likeness (QED) is 0.584. The van der Waals surface area contributed by atoms with Gasteiger partial charge >= 0.3 is 0 Å². The Morgan fingerprint density at radius 2 is 1.79 bits per heavy atom. The van der Waals surface area contributed by atoms with Gasteiger partial charge in [-0.2, -0.15) is 5.01 Å². The van der Waals surface area contributed by atoms with Gasteiger partial charge in [-0.25, -0.2) is 0 Å². The molecule has 1 heterocycles. The Balaban J connectivity index is 1.83. The maximum Gasteiger partial charge on any atom is 0.269 e. The molecule has 2 amide bonds. The average Bonchev–Trinajstić information content (AvgIpc) is 3.11. The van der Waals surface area contributed by atoms with Gasteiger partial charge in [0.2, 0.25) is 23.9 Å². The van der Waals surface area contributed by atoms with Crippen molar-refractivity contribution in [2.75, 3.05) is 11.4 Å². The van der Waals surface area contributed by atoms with Crippen molar-refractivity contribution in [1.82, 2.24) is 5.01 Å². The molecular weight excluding hydrogens is 364 g/mol. The van der Waals surface area contributed by atoms with Crippen LogP contribution in [-0.4, -0.2) is 40.4 Å². The Kier molecular flexibility index (Phi) is 5.35. The van der Waals surface area contributed by atoms with Crippen LogP contribution in [0.3, 0.4) is 0 Å². The number of carbonyl (C=O) groups is 2. The minimum Gasteiger partial charge on any atom is -0.448 e. The van der Waals surface area contributed by atoms with E-state index in [4.69, 9.17) is 4.74 Å². The fourth-order valence-electron chi connectivity index (χ4n) is 2.78. The first-order chi connectivity index (χ1) is 13.4. The number of anilines is 1. The highest BCUT2D eigenvalue weighted by Gasteiger charge is 2.34. The number of rotatable bonds is 5. The number of ether oxygens (including phenoxy) is 1. The van der Waals surface area contributed by atoms with Crippen LogP contribution in [0.25, 0.3) is 0 Å². The smallest absolute Gasteiger partial charge is 0.269 e. The van der Waals surface area contributed by atoms with E-state index >= 15 is 0 Å². The Morgan fingerprint density at radius 3 is 2.32 bits per heavy atom. The van der Waals surface area contributed by atoms with Gasteiger partial charge < -0.3 is 9.64 Å². The zero-order valence-corrected chi connectivity index (χ0v) is 15.3. The predicted molar refractivity (Wildman–Crippen MR) is 101 cm³/mol.